The molecule has 0 amide bonds. The normalized spacial score (nSPS) is 12.7. The Morgan fingerprint density at radius 2 is 2.07 bits per heavy atom. The zero-order valence-electron chi connectivity index (χ0n) is 7.47. The smallest absolute Gasteiger partial charge is 0.394 e. The topological polar surface area (TPSA) is 58.9 Å². The van der Waals surface area contributed by atoms with Crippen molar-refractivity contribution in [2.24, 2.45) is 5.16 Å². The van der Waals surface area contributed by atoms with Gasteiger partial charge in [-0.3, -0.25) is 4.79 Å². The van der Waals surface area contributed by atoms with Gasteiger partial charge in [-0.1, -0.05) is 5.16 Å². The van der Waals surface area contributed by atoms with Crippen molar-refractivity contribution in [2.45, 2.75) is 25.9 Å². The van der Waals surface area contributed by atoms with Crippen molar-refractivity contribution >= 4 is 11.7 Å². The third kappa shape index (κ3) is 6.27. The molecule has 0 heterocycles. The summed E-state index contributed by atoms with van der Waals surface area (Å²) in [5.41, 5.74) is -0.657. The molecule has 0 bridgehead atoms. The molecule has 0 rings (SSSR count). The minimum Gasteiger partial charge on any atom is -0.466 e. The molecule has 0 spiro atoms. The molecular formula is C7H10F3NO3. The van der Waals surface area contributed by atoms with Gasteiger partial charge in [0.1, 0.15) is 0 Å². The van der Waals surface area contributed by atoms with Crippen LogP contribution in [0.25, 0.3) is 0 Å². The van der Waals surface area contributed by atoms with Crippen LogP contribution in [0.15, 0.2) is 5.16 Å². The van der Waals surface area contributed by atoms with Crippen molar-refractivity contribution < 1.29 is 27.9 Å². The highest BCUT2D eigenvalue weighted by Gasteiger charge is 2.31. The Morgan fingerprint density at radius 3 is 2.43 bits per heavy atom. The molecule has 82 valence electrons. The third-order valence-electron chi connectivity index (χ3n) is 1.20. The zero-order valence-corrected chi connectivity index (χ0v) is 7.47. The Hall–Kier alpha value is -1.27. The van der Waals surface area contributed by atoms with E-state index < -0.39 is 30.7 Å². The Morgan fingerprint density at radius 1 is 1.50 bits per heavy atom. The molecule has 0 unspecified atom stereocenters. The summed E-state index contributed by atoms with van der Waals surface area (Å²) in [6, 6.07) is 0. The van der Waals surface area contributed by atoms with Gasteiger partial charge in [0, 0.05) is 0 Å². The lowest BCUT2D eigenvalue weighted by molar-refractivity contribution is -0.142. The summed E-state index contributed by atoms with van der Waals surface area (Å²) in [5.74, 6) is -0.843. The second kappa shape index (κ2) is 5.46. The van der Waals surface area contributed by atoms with E-state index in [0.717, 1.165) is 0 Å². The van der Waals surface area contributed by atoms with E-state index in [1.165, 1.54) is 6.92 Å². The maximum absolute atomic E-state index is 11.8. The predicted octanol–water partition coefficient (Wildman–Crippen LogP) is 1.72. The number of rotatable bonds is 4. The molecule has 0 saturated heterocycles. The molecule has 0 aromatic heterocycles. The van der Waals surface area contributed by atoms with Gasteiger partial charge >= 0.3 is 12.1 Å². The lowest BCUT2D eigenvalue weighted by Gasteiger charge is -2.07. The average Bonchev–Trinajstić information content (AvgIpc) is 2.01. The molecule has 0 radical (unpaired) electrons. The van der Waals surface area contributed by atoms with E-state index in [0.29, 0.717) is 0 Å². The molecule has 0 fully saturated rings. The number of halogens is 3. The molecule has 0 saturated carbocycles. The Balaban J connectivity index is 4.12. The predicted molar refractivity (Wildman–Crippen MR) is 41.1 cm³/mol. The average molecular weight is 213 g/mol. The van der Waals surface area contributed by atoms with Crippen molar-refractivity contribution in [1.82, 2.24) is 0 Å². The first-order valence-corrected chi connectivity index (χ1v) is 3.81. The van der Waals surface area contributed by atoms with Crippen LogP contribution in [0.3, 0.4) is 0 Å². The highest BCUT2D eigenvalue weighted by molar-refractivity contribution is 5.98. The molecule has 4 nitrogen and oxygen atoms in total. The largest absolute Gasteiger partial charge is 0.466 e. The number of hydrogen-bond donors (Lipinski definition) is 1. The lowest BCUT2D eigenvalue weighted by Crippen LogP contribution is -2.19. The molecule has 14 heavy (non-hydrogen) atoms. The van der Waals surface area contributed by atoms with Gasteiger partial charge in [-0.05, 0) is 6.92 Å². The minimum absolute atomic E-state index is 0.0730. The summed E-state index contributed by atoms with van der Waals surface area (Å²) in [6.45, 7) is 1.60. The SMILES string of the molecule is CCOC(=O)CC(CC(F)(F)F)=NO. The van der Waals surface area contributed by atoms with Crippen LogP contribution in [0, 0.1) is 0 Å². The summed E-state index contributed by atoms with van der Waals surface area (Å²) in [4.78, 5) is 10.7. The third-order valence-corrected chi connectivity index (χ3v) is 1.20. The molecule has 0 aliphatic heterocycles. The molecular weight excluding hydrogens is 203 g/mol. The number of ether oxygens (including phenoxy) is 1. The first kappa shape index (κ1) is 12.7. The first-order valence-electron chi connectivity index (χ1n) is 3.81. The van der Waals surface area contributed by atoms with Gasteiger partial charge in [-0.25, -0.2) is 0 Å². The number of hydrogen-bond acceptors (Lipinski definition) is 4. The number of esters is 1. The monoisotopic (exact) mass is 213 g/mol. The molecule has 0 aliphatic carbocycles. The van der Waals surface area contributed by atoms with Crippen LogP contribution >= 0.6 is 0 Å². The van der Waals surface area contributed by atoms with E-state index in [2.05, 4.69) is 9.89 Å². The second-order valence-corrected chi connectivity index (χ2v) is 2.44. The number of carbonyl (C=O) groups is 1. The van der Waals surface area contributed by atoms with E-state index in [-0.39, 0.29) is 6.61 Å². The summed E-state index contributed by atoms with van der Waals surface area (Å²) in [5, 5.41) is 10.6. The molecule has 7 heteroatoms. The zero-order chi connectivity index (χ0) is 11.2. The fourth-order valence-corrected chi connectivity index (χ4v) is 0.743. The van der Waals surface area contributed by atoms with E-state index in [1.54, 1.807) is 0 Å². The molecule has 0 aromatic carbocycles. The molecule has 0 aliphatic rings. The standard InChI is InChI=1S/C7H10F3NO3/c1-2-14-6(12)3-5(11-13)4-7(8,9)10/h13H,2-4H2,1H3. The first-order chi connectivity index (χ1) is 6.39. The van der Waals surface area contributed by atoms with Crippen LogP contribution in [-0.2, 0) is 9.53 Å². The lowest BCUT2D eigenvalue weighted by atomic mass is 10.2. The van der Waals surface area contributed by atoms with Crippen molar-refractivity contribution in [3.63, 3.8) is 0 Å². The molecule has 0 aromatic rings. The van der Waals surface area contributed by atoms with Crippen molar-refractivity contribution in [3.05, 3.63) is 0 Å². The van der Waals surface area contributed by atoms with E-state index in [4.69, 9.17) is 5.21 Å². The number of oxime groups is 1. The number of carbonyl (C=O) groups excluding carboxylic acids is 1. The summed E-state index contributed by atoms with van der Waals surface area (Å²) in [6.07, 6.45) is -6.56. The van der Waals surface area contributed by atoms with Gasteiger partial charge in [0.25, 0.3) is 0 Å². The Bertz CT molecular complexity index is 225. The Kier molecular flexibility index (Phi) is 4.96. The molecule has 0 atom stereocenters. The van der Waals surface area contributed by atoms with Crippen LogP contribution in [0.4, 0.5) is 13.2 Å². The van der Waals surface area contributed by atoms with Gasteiger partial charge in [0.15, 0.2) is 0 Å². The van der Waals surface area contributed by atoms with Gasteiger partial charge in [-0.2, -0.15) is 13.2 Å². The quantitative estimate of drug-likeness (QED) is 0.335. The van der Waals surface area contributed by atoms with Gasteiger partial charge in [0.05, 0.1) is 25.2 Å². The maximum atomic E-state index is 11.8. The second-order valence-electron chi connectivity index (χ2n) is 2.44. The summed E-state index contributed by atoms with van der Waals surface area (Å²) < 4.78 is 39.7. The van der Waals surface area contributed by atoms with Crippen LogP contribution in [0.5, 0.6) is 0 Å². The van der Waals surface area contributed by atoms with Crippen molar-refractivity contribution in [2.75, 3.05) is 6.61 Å². The van der Waals surface area contributed by atoms with Gasteiger partial charge in [-0.15, -0.1) is 0 Å². The van der Waals surface area contributed by atoms with Crippen molar-refractivity contribution in [1.29, 1.82) is 0 Å². The number of alkyl halides is 3. The number of nitrogens with zero attached hydrogens (tertiary/aromatic N) is 1. The van der Waals surface area contributed by atoms with E-state index >= 15 is 0 Å². The fraction of sp³-hybridized carbons (Fsp3) is 0.714. The minimum atomic E-state index is -4.49. The Labute approximate surface area is 78.3 Å². The van der Waals surface area contributed by atoms with Gasteiger partial charge < -0.3 is 9.94 Å². The fourth-order valence-electron chi connectivity index (χ4n) is 0.743. The molecule has 1 N–H and O–H groups in total. The summed E-state index contributed by atoms with van der Waals surface area (Å²) >= 11 is 0. The summed E-state index contributed by atoms with van der Waals surface area (Å²) in [7, 11) is 0. The van der Waals surface area contributed by atoms with Crippen LogP contribution < -0.4 is 0 Å². The highest BCUT2D eigenvalue weighted by atomic mass is 19.4. The van der Waals surface area contributed by atoms with Gasteiger partial charge in [0.2, 0.25) is 0 Å². The van der Waals surface area contributed by atoms with Crippen LogP contribution in [0.2, 0.25) is 0 Å². The maximum Gasteiger partial charge on any atom is 0.394 e. The van der Waals surface area contributed by atoms with Crippen LogP contribution in [-0.4, -0.2) is 29.7 Å². The van der Waals surface area contributed by atoms with Crippen LogP contribution in [0.1, 0.15) is 19.8 Å². The van der Waals surface area contributed by atoms with E-state index in [9.17, 15) is 18.0 Å². The van der Waals surface area contributed by atoms with E-state index in [1.807, 2.05) is 0 Å². The highest BCUT2D eigenvalue weighted by Crippen LogP contribution is 2.21. The van der Waals surface area contributed by atoms with Crippen molar-refractivity contribution in [3.8, 4) is 0 Å².